The van der Waals surface area contributed by atoms with Crippen molar-refractivity contribution in [3.05, 3.63) is 0 Å². The van der Waals surface area contributed by atoms with Crippen LogP contribution in [0.5, 0.6) is 0 Å². The molecule has 0 spiro atoms. The highest BCUT2D eigenvalue weighted by atomic mass is 15.0. The lowest BCUT2D eigenvalue weighted by Crippen LogP contribution is -2.38. The molecule has 12 heavy (non-hydrogen) atoms. The van der Waals surface area contributed by atoms with Crippen LogP contribution in [0.3, 0.4) is 0 Å². The van der Waals surface area contributed by atoms with Crippen LogP contribution in [0.15, 0.2) is 0 Å². The lowest BCUT2D eigenvalue weighted by molar-refractivity contribution is 0.369. The lowest BCUT2D eigenvalue weighted by Gasteiger charge is -2.22. The van der Waals surface area contributed by atoms with Crippen LogP contribution in [-0.4, -0.2) is 12.1 Å². The molecule has 1 aliphatic rings. The molecule has 0 heterocycles. The van der Waals surface area contributed by atoms with E-state index in [1.54, 1.807) is 0 Å². The van der Waals surface area contributed by atoms with Crippen LogP contribution in [0.4, 0.5) is 0 Å². The molecule has 0 bridgehead atoms. The summed E-state index contributed by atoms with van der Waals surface area (Å²) in [5.74, 6) is 1.71. The molecule has 1 heteroatoms. The molecule has 0 saturated heterocycles. The maximum absolute atomic E-state index is 3.71. The third kappa shape index (κ3) is 2.78. The van der Waals surface area contributed by atoms with Crippen LogP contribution in [0.2, 0.25) is 0 Å². The summed E-state index contributed by atoms with van der Waals surface area (Å²) in [4.78, 5) is 0. The Morgan fingerprint density at radius 3 is 2.25 bits per heavy atom. The zero-order valence-corrected chi connectivity index (χ0v) is 8.93. The normalized spacial score (nSPS) is 32.8. The van der Waals surface area contributed by atoms with Gasteiger partial charge >= 0.3 is 0 Å². The molecule has 1 aliphatic carbocycles. The van der Waals surface area contributed by atoms with Crippen molar-refractivity contribution in [2.24, 2.45) is 11.8 Å². The van der Waals surface area contributed by atoms with Crippen molar-refractivity contribution in [1.82, 2.24) is 5.32 Å². The molecule has 0 unspecified atom stereocenters. The molecule has 3 atom stereocenters. The molecule has 0 aromatic carbocycles. The number of nitrogens with one attached hydrogen (secondary N) is 1. The van der Waals surface area contributed by atoms with Crippen LogP contribution in [0, 0.1) is 11.8 Å². The van der Waals surface area contributed by atoms with Gasteiger partial charge in [0.25, 0.3) is 0 Å². The first-order valence-corrected chi connectivity index (χ1v) is 5.35. The van der Waals surface area contributed by atoms with Gasteiger partial charge in [0.15, 0.2) is 0 Å². The summed E-state index contributed by atoms with van der Waals surface area (Å²) < 4.78 is 0. The average molecular weight is 169 g/mol. The van der Waals surface area contributed by atoms with E-state index < -0.39 is 0 Å². The predicted octanol–water partition coefficient (Wildman–Crippen LogP) is 2.81. The first kappa shape index (κ1) is 10.0. The van der Waals surface area contributed by atoms with Crippen molar-refractivity contribution in [1.29, 1.82) is 0 Å². The van der Waals surface area contributed by atoms with Crippen LogP contribution >= 0.6 is 0 Å². The largest absolute Gasteiger partial charge is 0.311 e. The van der Waals surface area contributed by atoms with Gasteiger partial charge in [0.2, 0.25) is 0 Å². The molecule has 1 N–H and O–H groups in total. The minimum Gasteiger partial charge on any atom is -0.311 e. The molecule has 0 radical (unpaired) electrons. The van der Waals surface area contributed by atoms with E-state index in [9.17, 15) is 0 Å². The van der Waals surface area contributed by atoms with Gasteiger partial charge in [0.1, 0.15) is 0 Å². The first-order chi connectivity index (χ1) is 5.59. The van der Waals surface area contributed by atoms with E-state index in [0.717, 1.165) is 17.9 Å². The minimum atomic E-state index is 0.681. The summed E-state index contributed by atoms with van der Waals surface area (Å²) in [5, 5.41) is 3.71. The Balaban J connectivity index is 2.23. The van der Waals surface area contributed by atoms with E-state index in [-0.39, 0.29) is 0 Å². The molecule has 1 nitrogen and oxygen atoms in total. The number of hydrogen-bond donors (Lipinski definition) is 1. The third-order valence-corrected chi connectivity index (χ3v) is 3.19. The molecule has 0 aromatic rings. The van der Waals surface area contributed by atoms with E-state index in [4.69, 9.17) is 0 Å². The van der Waals surface area contributed by atoms with Crippen molar-refractivity contribution in [3.8, 4) is 0 Å². The Morgan fingerprint density at radius 2 is 1.83 bits per heavy atom. The molecular formula is C11H23N. The van der Waals surface area contributed by atoms with Gasteiger partial charge in [0.05, 0.1) is 0 Å². The highest BCUT2D eigenvalue weighted by molar-refractivity contribution is 4.81. The van der Waals surface area contributed by atoms with Crippen LogP contribution < -0.4 is 5.32 Å². The fourth-order valence-electron chi connectivity index (χ4n) is 1.92. The summed E-state index contributed by atoms with van der Waals surface area (Å²) >= 11 is 0. The summed E-state index contributed by atoms with van der Waals surface area (Å²) in [6.07, 6.45) is 4.19. The van der Waals surface area contributed by atoms with Gasteiger partial charge in [-0.05, 0) is 38.0 Å². The van der Waals surface area contributed by atoms with E-state index in [0.29, 0.717) is 6.04 Å². The first-order valence-electron chi connectivity index (χ1n) is 5.35. The summed E-state index contributed by atoms with van der Waals surface area (Å²) in [7, 11) is 0. The fraction of sp³-hybridized carbons (Fsp3) is 1.00. The van der Waals surface area contributed by atoms with Gasteiger partial charge in [-0.2, -0.15) is 0 Å². The average Bonchev–Trinajstić information content (AvgIpc) is 2.35. The van der Waals surface area contributed by atoms with Crippen molar-refractivity contribution >= 4 is 0 Å². The van der Waals surface area contributed by atoms with E-state index in [1.807, 2.05) is 0 Å². The van der Waals surface area contributed by atoms with Crippen LogP contribution in [0.25, 0.3) is 0 Å². The van der Waals surface area contributed by atoms with Crippen molar-refractivity contribution in [2.75, 3.05) is 0 Å². The van der Waals surface area contributed by atoms with Crippen molar-refractivity contribution in [3.63, 3.8) is 0 Å². The molecular weight excluding hydrogens is 146 g/mol. The molecule has 0 aromatic heterocycles. The second-order valence-corrected chi connectivity index (χ2v) is 4.81. The van der Waals surface area contributed by atoms with E-state index in [1.165, 1.54) is 19.3 Å². The zero-order chi connectivity index (χ0) is 9.14. The van der Waals surface area contributed by atoms with Gasteiger partial charge in [-0.25, -0.2) is 0 Å². The van der Waals surface area contributed by atoms with Gasteiger partial charge in [-0.1, -0.05) is 20.8 Å². The highest BCUT2D eigenvalue weighted by Crippen LogP contribution is 2.25. The summed E-state index contributed by atoms with van der Waals surface area (Å²) in [5.41, 5.74) is 0. The van der Waals surface area contributed by atoms with Gasteiger partial charge < -0.3 is 5.32 Å². The smallest absolute Gasteiger partial charge is 0.00722 e. The van der Waals surface area contributed by atoms with Crippen LogP contribution in [-0.2, 0) is 0 Å². The number of rotatable bonds is 3. The highest BCUT2D eigenvalue weighted by Gasteiger charge is 2.22. The summed E-state index contributed by atoms with van der Waals surface area (Å²) in [6.45, 7) is 9.24. The lowest BCUT2D eigenvalue weighted by atomic mass is 10.0. The fourth-order valence-corrected chi connectivity index (χ4v) is 1.92. The van der Waals surface area contributed by atoms with Crippen molar-refractivity contribution < 1.29 is 0 Å². The van der Waals surface area contributed by atoms with Gasteiger partial charge in [-0.3, -0.25) is 0 Å². The topological polar surface area (TPSA) is 12.0 Å². The Kier molecular flexibility index (Phi) is 3.57. The maximum Gasteiger partial charge on any atom is 0.00722 e. The third-order valence-electron chi connectivity index (χ3n) is 3.19. The monoisotopic (exact) mass is 169 g/mol. The number of hydrogen-bond acceptors (Lipinski definition) is 1. The van der Waals surface area contributed by atoms with E-state index in [2.05, 4.69) is 33.0 Å². The second-order valence-electron chi connectivity index (χ2n) is 4.81. The predicted molar refractivity (Wildman–Crippen MR) is 54.2 cm³/mol. The van der Waals surface area contributed by atoms with Crippen LogP contribution in [0.1, 0.15) is 47.0 Å². The van der Waals surface area contributed by atoms with Crippen molar-refractivity contribution in [2.45, 2.75) is 59.0 Å². The zero-order valence-electron chi connectivity index (χ0n) is 8.93. The molecule has 0 amide bonds. The van der Waals surface area contributed by atoms with E-state index >= 15 is 0 Å². The maximum atomic E-state index is 3.71. The molecule has 1 saturated carbocycles. The quantitative estimate of drug-likeness (QED) is 0.685. The Bertz CT molecular complexity index is 131. The molecule has 0 aliphatic heterocycles. The molecule has 72 valence electrons. The van der Waals surface area contributed by atoms with Gasteiger partial charge in [0, 0.05) is 12.1 Å². The Morgan fingerprint density at radius 1 is 1.17 bits per heavy atom. The molecule has 1 rings (SSSR count). The minimum absolute atomic E-state index is 0.681. The molecule has 1 fully saturated rings. The SMILES string of the molecule is CC(C)[C@@H](C)N[C@H]1CC[C@@H](C)C1. The summed E-state index contributed by atoms with van der Waals surface area (Å²) in [6, 6.07) is 1.48. The second kappa shape index (κ2) is 4.27. The van der Waals surface area contributed by atoms with Gasteiger partial charge in [-0.15, -0.1) is 0 Å². The standard InChI is InChI=1S/C11H23N/c1-8(2)10(4)12-11-6-5-9(3)7-11/h8-12H,5-7H2,1-4H3/t9-,10-,11+/m1/s1. The Labute approximate surface area is 76.9 Å². The Hall–Kier alpha value is -0.0400.